The molecule has 0 radical (unpaired) electrons. The molecule has 1 aliphatic rings. The molecule has 1 atom stereocenters. The predicted octanol–water partition coefficient (Wildman–Crippen LogP) is 1.70. The van der Waals surface area contributed by atoms with Gasteiger partial charge in [0.15, 0.2) is 0 Å². The maximum Gasteiger partial charge on any atom is 0.303 e. The number of furan rings is 1. The number of hydrogen-bond acceptors (Lipinski definition) is 5. The van der Waals surface area contributed by atoms with Crippen molar-refractivity contribution in [3.8, 4) is 0 Å². The van der Waals surface area contributed by atoms with Crippen LogP contribution < -0.4 is 0 Å². The molecule has 0 bridgehead atoms. The lowest BCUT2D eigenvalue weighted by atomic mass is 9.97. The summed E-state index contributed by atoms with van der Waals surface area (Å²) in [6.07, 6.45) is 2.92. The number of hydrogen-bond donors (Lipinski definition) is 1. The minimum atomic E-state index is -3.76. The smallest absolute Gasteiger partial charge is 0.303 e. The van der Waals surface area contributed by atoms with Crippen molar-refractivity contribution in [3.63, 3.8) is 0 Å². The van der Waals surface area contributed by atoms with Crippen molar-refractivity contribution in [2.75, 3.05) is 20.6 Å². The lowest BCUT2D eigenvalue weighted by molar-refractivity contribution is -0.137. The SMILES string of the molecule is Cc1oc(S(=O)(=O)N(C)C)cc1C(=O)N1CCCCC1CCC(=O)O. The van der Waals surface area contributed by atoms with Crippen molar-refractivity contribution in [1.29, 1.82) is 0 Å². The second-order valence-corrected chi connectivity index (χ2v) is 8.49. The standard InChI is InChI=1S/C16H24N2O6S/c1-11-13(10-15(24-11)25(22,23)17(2)3)16(21)18-9-5-4-6-12(18)7-8-14(19)20/h10,12H,4-9H2,1-3H3,(H,19,20). The molecule has 9 heteroatoms. The molecular weight excluding hydrogens is 348 g/mol. The maximum absolute atomic E-state index is 12.9. The minimum Gasteiger partial charge on any atom is -0.481 e. The molecule has 2 rings (SSSR count). The number of amides is 1. The van der Waals surface area contributed by atoms with E-state index >= 15 is 0 Å². The van der Waals surface area contributed by atoms with Gasteiger partial charge in [0.2, 0.25) is 5.09 Å². The van der Waals surface area contributed by atoms with Crippen LogP contribution in [0.3, 0.4) is 0 Å². The number of sulfonamides is 1. The molecule has 8 nitrogen and oxygen atoms in total. The third-order valence-corrected chi connectivity index (χ3v) is 6.11. The molecule has 1 aliphatic heterocycles. The highest BCUT2D eigenvalue weighted by Gasteiger charge is 2.32. The Balaban J connectivity index is 2.26. The van der Waals surface area contributed by atoms with Crippen molar-refractivity contribution < 1.29 is 27.5 Å². The number of carbonyl (C=O) groups is 2. The highest BCUT2D eigenvalue weighted by Crippen LogP contribution is 2.27. The highest BCUT2D eigenvalue weighted by atomic mass is 32.2. The molecule has 25 heavy (non-hydrogen) atoms. The summed E-state index contributed by atoms with van der Waals surface area (Å²) < 4.78 is 30.7. The van der Waals surface area contributed by atoms with Crippen LogP contribution in [0.2, 0.25) is 0 Å². The fourth-order valence-electron chi connectivity index (χ4n) is 2.99. The van der Waals surface area contributed by atoms with E-state index in [0.717, 1.165) is 23.6 Å². The Morgan fingerprint density at radius 1 is 1.36 bits per heavy atom. The Labute approximate surface area is 147 Å². The molecule has 1 aromatic rings. The topological polar surface area (TPSA) is 108 Å². The maximum atomic E-state index is 12.9. The largest absolute Gasteiger partial charge is 0.481 e. The molecule has 0 saturated carbocycles. The summed E-state index contributed by atoms with van der Waals surface area (Å²) >= 11 is 0. The van der Waals surface area contributed by atoms with Crippen LogP contribution in [-0.4, -0.2) is 61.3 Å². The van der Waals surface area contributed by atoms with Gasteiger partial charge in [-0.2, -0.15) is 0 Å². The average Bonchev–Trinajstić information content (AvgIpc) is 2.95. The van der Waals surface area contributed by atoms with E-state index in [9.17, 15) is 18.0 Å². The first-order valence-corrected chi connectivity index (χ1v) is 9.64. The Hall–Kier alpha value is -1.87. The van der Waals surface area contributed by atoms with Crippen LogP contribution in [0.5, 0.6) is 0 Å². The lowest BCUT2D eigenvalue weighted by Crippen LogP contribution is -2.44. The van der Waals surface area contributed by atoms with E-state index in [4.69, 9.17) is 9.52 Å². The van der Waals surface area contributed by atoms with Gasteiger partial charge in [0.1, 0.15) is 5.76 Å². The van der Waals surface area contributed by atoms with Crippen LogP contribution in [0, 0.1) is 6.92 Å². The van der Waals surface area contributed by atoms with Crippen LogP contribution in [0.25, 0.3) is 0 Å². The van der Waals surface area contributed by atoms with Gasteiger partial charge in [-0.3, -0.25) is 9.59 Å². The first kappa shape index (κ1) is 19.5. The van der Waals surface area contributed by atoms with E-state index in [1.165, 1.54) is 20.2 Å². The van der Waals surface area contributed by atoms with E-state index in [0.29, 0.717) is 13.0 Å². The number of nitrogens with zero attached hydrogens (tertiary/aromatic N) is 2. The molecule has 1 amide bonds. The van der Waals surface area contributed by atoms with Crippen LogP contribution in [0.15, 0.2) is 15.6 Å². The lowest BCUT2D eigenvalue weighted by Gasteiger charge is -2.35. The van der Waals surface area contributed by atoms with E-state index < -0.39 is 16.0 Å². The number of aliphatic carboxylic acids is 1. The van der Waals surface area contributed by atoms with Crippen molar-refractivity contribution >= 4 is 21.9 Å². The van der Waals surface area contributed by atoms with E-state index in [1.54, 1.807) is 11.8 Å². The first-order valence-electron chi connectivity index (χ1n) is 8.20. The number of likely N-dealkylation sites (tertiary alicyclic amines) is 1. The zero-order chi connectivity index (χ0) is 18.8. The van der Waals surface area contributed by atoms with Gasteiger partial charge in [0.25, 0.3) is 15.9 Å². The average molecular weight is 372 g/mol. The third kappa shape index (κ3) is 4.21. The fraction of sp³-hybridized carbons (Fsp3) is 0.625. The normalized spacial score (nSPS) is 18.6. The van der Waals surface area contributed by atoms with Crippen LogP contribution in [0.4, 0.5) is 0 Å². The Kier molecular flexibility index (Phi) is 5.89. The molecule has 0 spiro atoms. The molecule has 0 aliphatic carbocycles. The summed E-state index contributed by atoms with van der Waals surface area (Å²) in [5.74, 6) is -0.957. The summed E-state index contributed by atoms with van der Waals surface area (Å²) in [6.45, 7) is 2.08. The molecular formula is C16H24N2O6S. The van der Waals surface area contributed by atoms with Crippen molar-refractivity contribution in [2.45, 2.75) is 50.2 Å². The monoisotopic (exact) mass is 372 g/mol. The van der Waals surface area contributed by atoms with Gasteiger partial charge in [-0.25, -0.2) is 12.7 Å². The van der Waals surface area contributed by atoms with Gasteiger partial charge in [-0.1, -0.05) is 0 Å². The van der Waals surface area contributed by atoms with Gasteiger partial charge in [-0.05, 0) is 32.6 Å². The quantitative estimate of drug-likeness (QED) is 0.814. The van der Waals surface area contributed by atoms with Crippen molar-refractivity contribution in [1.82, 2.24) is 9.21 Å². The van der Waals surface area contributed by atoms with Crippen LogP contribution in [0.1, 0.15) is 48.2 Å². The van der Waals surface area contributed by atoms with Gasteiger partial charge in [-0.15, -0.1) is 0 Å². The Morgan fingerprint density at radius 3 is 2.64 bits per heavy atom. The summed E-state index contributed by atoms with van der Waals surface area (Å²) in [4.78, 5) is 25.4. The number of rotatable bonds is 6. The second kappa shape index (κ2) is 7.57. The molecule has 1 fully saturated rings. The molecule has 1 saturated heterocycles. The van der Waals surface area contributed by atoms with Gasteiger partial charge < -0.3 is 14.4 Å². The zero-order valence-electron chi connectivity index (χ0n) is 14.7. The van der Waals surface area contributed by atoms with Crippen LogP contribution in [-0.2, 0) is 14.8 Å². The van der Waals surface area contributed by atoms with Crippen molar-refractivity contribution in [3.05, 3.63) is 17.4 Å². The fourth-order valence-corrected chi connectivity index (χ4v) is 3.84. The van der Waals surface area contributed by atoms with Gasteiger partial charge >= 0.3 is 5.97 Å². The van der Waals surface area contributed by atoms with Gasteiger partial charge in [0, 0.05) is 39.2 Å². The summed E-state index contributed by atoms with van der Waals surface area (Å²) in [6, 6.07) is 1.11. The number of carbonyl (C=O) groups excluding carboxylic acids is 1. The van der Waals surface area contributed by atoms with E-state index in [2.05, 4.69) is 0 Å². The van der Waals surface area contributed by atoms with Gasteiger partial charge in [0.05, 0.1) is 5.56 Å². The van der Waals surface area contributed by atoms with Crippen molar-refractivity contribution in [2.24, 2.45) is 0 Å². The van der Waals surface area contributed by atoms with Crippen LogP contribution >= 0.6 is 0 Å². The second-order valence-electron chi connectivity index (χ2n) is 6.40. The molecule has 1 aromatic heterocycles. The summed E-state index contributed by atoms with van der Waals surface area (Å²) in [7, 11) is -0.979. The summed E-state index contributed by atoms with van der Waals surface area (Å²) in [5.41, 5.74) is 0.211. The Morgan fingerprint density at radius 2 is 2.04 bits per heavy atom. The number of aryl methyl sites for hydroxylation is 1. The number of piperidine rings is 1. The number of carboxylic acids is 1. The summed E-state index contributed by atoms with van der Waals surface area (Å²) in [5, 5.41) is 8.62. The highest BCUT2D eigenvalue weighted by molar-refractivity contribution is 7.88. The molecule has 1 N–H and O–H groups in total. The van der Waals surface area contributed by atoms with E-state index in [-0.39, 0.29) is 34.8 Å². The van der Waals surface area contributed by atoms with E-state index in [1.807, 2.05) is 0 Å². The molecule has 0 aromatic carbocycles. The zero-order valence-corrected chi connectivity index (χ0v) is 15.5. The first-order chi connectivity index (χ1) is 11.6. The third-order valence-electron chi connectivity index (χ3n) is 4.44. The molecule has 2 heterocycles. The Bertz CT molecular complexity index is 753. The minimum absolute atomic E-state index is 0.000918. The molecule has 1 unspecified atom stereocenters. The number of carboxylic acid groups (broad SMARTS) is 1. The molecule has 140 valence electrons. The predicted molar refractivity (Wildman–Crippen MR) is 89.9 cm³/mol.